The molecule has 0 atom stereocenters. The molecule has 0 radical (unpaired) electrons. The molecule has 4 heteroatoms. The summed E-state index contributed by atoms with van der Waals surface area (Å²) >= 11 is 0. The van der Waals surface area contributed by atoms with Crippen LogP contribution in [-0.2, 0) is 0 Å². The Labute approximate surface area is 121 Å². The smallest absolute Gasteiger partial charge is 0.125 e. The molecule has 0 aromatic heterocycles. The van der Waals surface area contributed by atoms with Gasteiger partial charge in [0.25, 0.3) is 0 Å². The van der Waals surface area contributed by atoms with Crippen molar-refractivity contribution in [3.63, 3.8) is 0 Å². The first-order valence-corrected chi connectivity index (χ1v) is 7.49. The highest BCUT2D eigenvalue weighted by molar-refractivity contribution is 5.46. The Morgan fingerprint density at radius 1 is 1.30 bits per heavy atom. The Balaban J connectivity index is 2.08. The predicted molar refractivity (Wildman–Crippen MR) is 82.8 cm³/mol. The van der Waals surface area contributed by atoms with Gasteiger partial charge >= 0.3 is 0 Å². The van der Waals surface area contributed by atoms with Gasteiger partial charge in [-0.15, -0.1) is 0 Å². The summed E-state index contributed by atoms with van der Waals surface area (Å²) in [5.74, 6) is -0.166. The normalized spacial score (nSPS) is 17.2. The lowest BCUT2D eigenvalue weighted by molar-refractivity contribution is 0.108. The van der Waals surface area contributed by atoms with E-state index in [2.05, 4.69) is 35.9 Å². The zero-order valence-electron chi connectivity index (χ0n) is 12.8. The Bertz CT molecular complexity index is 427. The van der Waals surface area contributed by atoms with E-state index >= 15 is 0 Å². The third-order valence-corrected chi connectivity index (χ3v) is 4.11. The molecule has 0 spiro atoms. The number of hydrogen-bond acceptors (Lipinski definition) is 3. The van der Waals surface area contributed by atoms with Crippen LogP contribution < -0.4 is 10.2 Å². The Kier molecular flexibility index (Phi) is 5.00. The number of benzene rings is 1. The number of hydrogen-bond donors (Lipinski definition) is 1. The van der Waals surface area contributed by atoms with Gasteiger partial charge < -0.3 is 10.2 Å². The van der Waals surface area contributed by atoms with Crippen LogP contribution in [0.4, 0.5) is 10.1 Å². The van der Waals surface area contributed by atoms with Gasteiger partial charge in [0.15, 0.2) is 0 Å². The topological polar surface area (TPSA) is 18.5 Å². The molecule has 1 N–H and O–H groups in total. The second-order valence-electron chi connectivity index (χ2n) is 6.04. The highest BCUT2D eigenvalue weighted by atomic mass is 19.1. The molecule has 0 unspecified atom stereocenters. The van der Waals surface area contributed by atoms with E-state index in [9.17, 15) is 4.39 Å². The number of nitrogens with one attached hydrogen (secondary N) is 1. The number of halogens is 1. The molecule has 0 aliphatic carbocycles. The van der Waals surface area contributed by atoms with Crippen molar-refractivity contribution in [3.05, 3.63) is 30.1 Å². The van der Waals surface area contributed by atoms with Gasteiger partial charge in [0.2, 0.25) is 0 Å². The molecule has 1 saturated heterocycles. The summed E-state index contributed by atoms with van der Waals surface area (Å²) in [6, 6.07) is 6.89. The summed E-state index contributed by atoms with van der Waals surface area (Å²) in [6.07, 6.45) is 0. The predicted octanol–water partition coefficient (Wildman–Crippen LogP) is 2.34. The van der Waals surface area contributed by atoms with Crippen LogP contribution >= 0.6 is 0 Å². The van der Waals surface area contributed by atoms with Crippen molar-refractivity contribution in [1.29, 1.82) is 0 Å². The lowest BCUT2D eigenvalue weighted by Crippen LogP contribution is -2.57. The second kappa shape index (κ2) is 6.55. The summed E-state index contributed by atoms with van der Waals surface area (Å²) in [5.41, 5.74) is 1.06. The van der Waals surface area contributed by atoms with Crippen molar-refractivity contribution in [2.75, 3.05) is 44.2 Å². The first kappa shape index (κ1) is 15.3. The van der Waals surface area contributed by atoms with Crippen LogP contribution in [0.1, 0.15) is 20.8 Å². The third-order valence-electron chi connectivity index (χ3n) is 4.11. The fraction of sp³-hybridized carbons (Fsp3) is 0.625. The van der Waals surface area contributed by atoms with E-state index < -0.39 is 0 Å². The van der Waals surface area contributed by atoms with E-state index in [1.807, 2.05) is 6.07 Å². The second-order valence-corrected chi connectivity index (χ2v) is 6.04. The summed E-state index contributed by atoms with van der Waals surface area (Å²) in [6.45, 7) is 12.7. The molecular formula is C16H26FN3. The first-order chi connectivity index (χ1) is 9.53. The van der Waals surface area contributed by atoms with Crippen LogP contribution in [0.5, 0.6) is 0 Å². The van der Waals surface area contributed by atoms with Gasteiger partial charge in [0, 0.05) is 50.5 Å². The molecule has 1 aliphatic rings. The van der Waals surface area contributed by atoms with Crippen molar-refractivity contribution >= 4 is 5.69 Å². The van der Waals surface area contributed by atoms with Crippen LogP contribution in [0.15, 0.2) is 24.3 Å². The van der Waals surface area contributed by atoms with Gasteiger partial charge in [0.1, 0.15) is 5.82 Å². The zero-order chi connectivity index (χ0) is 14.6. The number of piperazine rings is 1. The number of anilines is 1. The van der Waals surface area contributed by atoms with Crippen LogP contribution in [0.3, 0.4) is 0 Å². The monoisotopic (exact) mass is 279 g/mol. The fourth-order valence-corrected chi connectivity index (χ4v) is 2.90. The number of rotatable bonds is 5. The van der Waals surface area contributed by atoms with E-state index in [1.54, 1.807) is 12.1 Å². The molecule has 1 aromatic carbocycles. The Hall–Kier alpha value is -1.13. The minimum atomic E-state index is -0.166. The summed E-state index contributed by atoms with van der Waals surface area (Å²) < 4.78 is 13.4. The standard InChI is InChI=1S/C16H26FN3/c1-4-19(15-7-5-6-14(17)12-15)13-16(2,3)20-10-8-18-9-11-20/h5-7,12,18H,4,8-11,13H2,1-3H3. The quantitative estimate of drug-likeness (QED) is 0.892. The maximum atomic E-state index is 13.4. The highest BCUT2D eigenvalue weighted by Crippen LogP contribution is 2.22. The van der Waals surface area contributed by atoms with E-state index in [-0.39, 0.29) is 11.4 Å². The average Bonchev–Trinajstić information content (AvgIpc) is 2.46. The van der Waals surface area contributed by atoms with Crippen LogP contribution in [-0.4, -0.2) is 49.7 Å². The van der Waals surface area contributed by atoms with E-state index in [4.69, 9.17) is 0 Å². The van der Waals surface area contributed by atoms with E-state index in [0.717, 1.165) is 45.0 Å². The van der Waals surface area contributed by atoms with Gasteiger partial charge in [-0.3, -0.25) is 4.90 Å². The molecule has 0 amide bonds. The van der Waals surface area contributed by atoms with Gasteiger partial charge in [-0.1, -0.05) is 6.07 Å². The van der Waals surface area contributed by atoms with Crippen molar-refractivity contribution in [2.24, 2.45) is 0 Å². The highest BCUT2D eigenvalue weighted by Gasteiger charge is 2.29. The van der Waals surface area contributed by atoms with E-state index in [1.165, 1.54) is 6.07 Å². The Morgan fingerprint density at radius 2 is 2.00 bits per heavy atom. The van der Waals surface area contributed by atoms with Crippen molar-refractivity contribution < 1.29 is 4.39 Å². The van der Waals surface area contributed by atoms with E-state index in [0.29, 0.717) is 0 Å². The van der Waals surface area contributed by atoms with Crippen molar-refractivity contribution in [2.45, 2.75) is 26.3 Å². The number of likely N-dealkylation sites (N-methyl/N-ethyl adjacent to an activating group) is 1. The van der Waals surface area contributed by atoms with Gasteiger partial charge in [-0.05, 0) is 39.0 Å². The van der Waals surface area contributed by atoms with Gasteiger partial charge in [0.05, 0.1) is 0 Å². The zero-order valence-corrected chi connectivity index (χ0v) is 12.8. The summed E-state index contributed by atoms with van der Waals surface area (Å²) in [5, 5.41) is 3.39. The maximum Gasteiger partial charge on any atom is 0.125 e. The maximum absolute atomic E-state index is 13.4. The molecule has 0 saturated carbocycles. The average molecular weight is 279 g/mol. The van der Waals surface area contributed by atoms with Gasteiger partial charge in [-0.2, -0.15) is 0 Å². The van der Waals surface area contributed by atoms with Gasteiger partial charge in [-0.25, -0.2) is 4.39 Å². The SMILES string of the molecule is CCN(CC(C)(C)N1CCNCC1)c1cccc(F)c1. The Morgan fingerprint density at radius 3 is 2.60 bits per heavy atom. The van der Waals surface area contributed by atoms with Crippen molar-refractivity contribution in [1.82, 2.24) is 10.2 Å². The molecule has 0 bridgehead atoms. The molecule has 1 aromatic rings. The molecule has 2 rings (SSSR count). The van der Waals surface area contributed by atoms with Crippen molar-refractivity contribution in [3.8, 4) is 0 Å². The van der Waals surface area contributed by atoms with Crippen LogP contribution in [0, 0.1) is 5.82 Å². The van der Waals surface area contributed by atoms with Crippen LogP contribution in [0.25, 0.3) is 0 Å². The largest absolute Gasteiger partial charge is 0.370 e. The van der Waals surface area contributed by atoms with Crippen LogP contribution in [0.2, 0.25) is 0 Å². The molecule has 1 heterocycles. The molecular weight excluding hydrogens is 253 g/mol. The lowest BCUT2D eigenvalue weighted by Gasteiger charge is -2.44. The minimum Gasteiger partial charge on any atom is -0.370 e. The molecule has 20 heavy (non-hydrogen) atoms. The number of nitrogens with zero attached hydrogens (tertiary/aromatic N) is 2. The molecule has 1 fully saturated rings. The minimum absolute atomic E-state index is 0.0877. The molecule has 112 valence electrons. The lowest BCUT2D eigenvalue weighted by atomic mass is 10.0. The molecule has 1 aliphatic heterocycles. The summed E-state index contributed by atoms with van der Waals surface area (Å²) in [7, 11) is 0. The fourth-order valence-electron chi connectivity index (χ4n) is 2.90. The third kappa shape index (κ3) is 3.70. The molecule has 3 nitrogen and oxygen atoms in total. The summed E-state index contributed by atoms with van der Waals surface area (Å²) in [4.78, 5) is 4.77. The first-order valence-electron chi connectivity index (χ1n) is 7.49.